The summed E-state index contributed by atoms with van der Waals surface area (Å²) in [5.74, 6) is 1.44. The highest BCUT2D eigenvalue weighted by Crippen LogP contribution is 2.51. The van der Waals surface area contributed by atoms with Gasteiger partial charge in [-0.15, -0.1) is 0 Å². The van der Waals surface area contributed by atoms with E-state index in [2.05, 4.69) is 4.90 Å². The summed E-state index contributed by atoms with van der Waals surface area (Å²) in [7, 11) is 0. The van der Waals surface area contributed by atoms with Gasteiger partial charge in [-0.05, 0) is 56.6 Å². The van der Waals surface area contributed by atoms with Gasteiger partial charge in [0.1, 0.15) is 24.5 Å². The summed E-state index contributed by atoms with van der Waals surface area (Å²) in [4.78, 5) is 27.5. The Morgan fingerprint density at radius 2 is 2.00 bits per heavy atom. The zero-order chi connectivity index (χ0) is 22.2. The number of Topliss-reactive ketones (excluding diaryl/α,β-unsaturated/α-hetero) is 1. The second-order valence-corrected chi connectivity index (χ2v) is 10.0. The number of carbonyl (C=O) groups is 2. The Hall–Kier alpha value is -1.83. The molecule has 174 valence electrons. The van der Waals surface area contributed by atoms with Crippen molar-refractivity contribution >= 4 is 29.4 Å². The van der Waals surface area contributed by atoms with E-state index in [0.29, 0.717) is 58.9 Å². The van der Waals surface area contributed by atoms with E-state index in [0.717, 1.165) is 64.6 Å². The molecule has 0 spiro atoms. The number of nitrogens with two attached hydrogens (primary N) is 1. The van der Waals surface area contributed by atoms with Crippen molar-refractivity contribution in [3.63, 3.8) is 0 Å². The summed E-state index contributed by atoms with van der Waals surface area (Å²) in [6, 6.07) is 1.62. The Kier molecular flexibility index (Phi) is 6.32. The van der Waals surface area contributed by atoms with Crippen LogP contribution in [0.1, 0.15) is 42.5 Å². The fourth-order valence-electron chi connectivity index (χ4n) is 5.59. The average molecular weight is 463 g/mol. The second-order valence-electron chi connectivity index (χ2n) is 9.63. The van der Waals surface area contributed by atoms with Gasteiger partial charge in [0, 0.05) is 31.5 Å². The van der Waals surface area contributed by atoms with E-state index in [1.165, 1.54) is 0 Å². The smallest absolute Gasteiger partial charge is 0.182 e. The number of aldehydes is 1. The van der Waals surface area contributed by atoms with Crippen molar-refractivity contribution in [2.75, 3.05) is 45.2 Å². The zero-order valence-corrected chi connectivity index (χ0v) is 19.0. The van der Waals surface area contributed by atoms with Crippen molar-refractivity contribution in [1.29, 1.82) is 0 Å². The minimum absolute atomic E-state index is 0.0252. The highest BCUT2D eigenvalue weighted by Gasteiger charge is 2.47. The first-order chi connectivity index (χ1) is 15.5. The lowest BCUT2D eigenvalue weighted by Gasteiger charge is -2.37. The van der Waals surface area contributed by atoms with Crippen LogP contribution in [0.2, 0.25) is 5.02 Å². The first kappa shape index (κ1) is 22.0. The number of ketones is 1. The zero-order valence-electron chi connectivity index (χ0n) is 18.3. The van der Waals surface area contributed by atoms with Crippen LogP contribution in [0.15, 0.2) is 6.07 Å². The standard InChI is InChI=1S/C24H31ClN2O5/c25-21-20(26)10-19(23-24(21)32-7-6-31-23)22(29)18-9-15(18)8-14-3-4-27(11-16(14)13-28)12-17-2-1-5-30-17/h10,13-18H,1-9,11-12,26H2/t14-,15-,16?,17?,18?/m0/s1. The fraction of sp³-hybridized carbons (Fsp3) is 0.667. The van der Waals surface area contributed by atoms with Gasteiger partial charge in [0.15, 0.2) is 17.3 Å². The molecule has 4 aliphatic rings. The van der Waals surface area contributed by atoms with Crippen LogP contribution < -0.4 is 15.2 Å². The third kappa shape index (κ3) is 4.35. The topological polar surface area (TPSA) is 91.1 Å². The minimum atomic E-state index is -0.0533. The molecule has 3 aliphatic heterocycles. The molecule has 32 heavy (non-hydrogen) atoms. The summed E-state index contributed by atoms with van der Waals surface area (Å²) >= 11 is 6.25. The molecular formula is C24H31ClN2O5. The average Bonchev–Trinajstić information content (AvgIpc) is 3.39. The molecule has 0 radical (unpaired) electrons. The number of benzene rings is 1. The number of nitrogens with zero attached hydrogens (tertiary/aromatic N) is 1. The maximum atomic E-state index is 13.3. The molecule has 3 fully saturated rings. The Bertz CT molecular complexity index is 888. The first-order valence-electron chi connectivity index (χ1n) is 11.8. The predicted molar refractivity (Wildman–Crippen MR) is 120 cm³/mol. The van der Waals surface area contributed by atoms with Crippen molar-refractivity contribution in [3.05, 3.63) is 16.7 Å². The van der Waals surface area contributed by atoms with Crippen molar-refractivity contribution in [2.24, 2.45) is 23.7 Å². The van der Waals surface area contributed by atoms with E-state index < -0.39 is 0 Å². The quantitative estimate of drug-likeness (QED) is 0.378. The molecule has 1 aliphatic carbocycles. The Balaban J connectivity index is 1.20. The van der Waals surface area contributed by atoms with E-state index >= 15 is 0 Å². The van der Waals surface area contributed by atoms with E-state index in [9.17, 15) is 9.59 Å². The SMILES string of the molecule is Nc1cc(C(=O)C2C[C@@H]2C[C@@H]2CCN(CC3CCCO3)CC2C=O)c2c(c1Cl)OCCO2. The molecule has 1 saturated carbocycles. The molecular weight excluding hydrogens is 432 g/mol. The van der Waals surface area contributed by atoms with Gasteiger partial charge in [0.05, 0.1) is 17.4 Å². The molecule has 0 amide bonds. The van der Waals surface area contributed by atoms with Gasteiger partial charge in [-0.25, -0.2) is 0 Å². The van der Waals surface area contributed by atoms with Gasteiger partial charge in [0.2, 0.25) is 0 Å². The van der Waals surface area contributed by atoms with Crippen LogP contribution in [0.3, 0.4) is 0 Å². The maximum absolute atomic E-state index is 13.3. The first-order valence-corrected chi connectivity index (χ1v) is 12.1. The third-order valence-corrected chi connectivity index (χ3v) is 7.85. The predicted octanol–water partition coefficient (Wildman–Crippen LogP) is 3.22. The normalized spacial score (nSPS) is 32.0. The highest BCUT2D eigenvalue weighted by atomic mass is 35.5. The van der Waals surface area contributed by atoms with Gasteiger partial charge >= 0.3 is 0 Å². The lowest BCUT2D eigenvalue weighted by atomic mass is 9.82. The van der Waals surface area contributed by atoms with E-state index in [1.54, 1.807) is 6.07 Å². The summed E-state index contributed by atoms with van der Waals surface area (Å²) < 4.78 is 17.1. The molecule has 7 nitrogen and oxygen atoms in total. The number of hydrogen-bond donors (Lipinski definition) is 1. The number of halogens is 1. The molecule has 1 aromatic rings. The largest absolute Gasteiger partial charge is 0.485 e. The van der Waals surface area contributed by atoms with Crippen molar-refractivity contribution in [2.45, 2.75) is 38.2 Å². The molecule has 2 saturated heterocycles. The number of anilines is 1. The van der Waals surface area contributed by atoms with Crippen LogP contribution in [0.4, 0.5) is 5.69 Å². The van der Waals surface area contributed by atoms with Crippen LogP contribution in [0, 0.1) is 23.7 Å². The monoisotopic (exact) mass is 462 g/mol. The molecule has 5 rings (SSSR count). The molecule has 0 aromatic heterocycles. The van der Waals surface area contributed by atoms with Crippen LogP contribution in [-0.2, 0) is 9.53 Å². The number of ether oxygens (including phenoxy) is 3. The van der Waals surface area contributed by atoms with Crippen molar-refractivity contribution in [3.8, 4) is 11.5 Å². The Labute approximate surface area is 193 Å². The van der Waals surface area contributed by atoms with Crippen LogP contribution in [-0.4, -0.2) is 62.5 Å². The third-order valence-electron chi connectivity index (χ3n) is 7.46. The fourth-order valence-corrected chi connectivity index (χ4v) is 5.78. The van der Waals surface area contributed by atoms with E-state index in [-0.39, 0.29) is 17.6 Å². The molecule has 0 bridgehead atoms. The molecule has 5 atom stereocenters. The summed E-state index contributed by atoms with van der Waals surface area (Å²) in [6.07, 6.45) is 6.43. The van der Waals surface area contributed by atoms with Gasteiger partial charge < -0.3 is 29.6 Å². The van der Waals surface area contributed by atoms with Crippen molar-refractivity contribution in [1.82, 2.24) is 4.90 Å². The maximum Gasteiger partial charge on any atom is 0.182 e. The lowest BCUT2D eigenvalue weighted by molar-refractivity contribution is -0.115. The molecule has 2 N–H and O–H groups in total. The van der Waals surface area contributed by atoms with E-state index in [1.807, 2.05) is 0 Å². The van der Waals surface area contributed by atoms with E-state index in [4.69, 9.17) is 31.5 Å². The number of nitrogen functional groups attached to an aromatic ring is 1. The summed E-state index contributed by atoms with van der Waals surface area (Å²) in [5, 5.41) is 0.298. The molecule has 8 heteroatoms. The summed E-state index contributed by atoms with van der Waals surface area (Å²) in [5.41, 5.74) is 6.82. The van der Waals surface area contributed by atoms with Gasteiger partial charge in [0.25, 0.3) is 0 Å². The van der Waals surface area contributed by atoms with Crippen LogP contribution >= 0.6 is 11.6 Å². The number of likely N-dealkylation sites (tertiary alicyclic amines) is 1. The second kappa shape index (κ2) is 9.20. The van der Waals surface area contributed by atoms with Gasteiger partial charge in [-0.2, -0.15) is 0 Å². The van der Waals surface area contributed by atoms with Crippen LogP contribution in [0.25, 0.3) is 0 Å². The number of hydrogen-bond acceptors (Lipinski definition) is 7. The number of carbonyl (C=O) groups excluding carboxylic acids is 2. The van der Waals surface area contributed by atoms with Gasteiger partial charge in [-0.1, -0.05) is 11.6 Å². The molecule has 3 heterocycles. The Morgan fingerprint density at radius 3 is 2.75 bits per heavy atom. The number of piperidine rings is 1. The number of rotatable bonds is 7. The van der Waals surface area contributed by atoms with Crippen LogP contribution in [0.5, 0.6) is 11.5 Å². The molecule has 1 aromatic carbocycles. The van der Waals surface area contributed by atoms with Gasteiger partial charge in [-0.3, -0.25) is 4.79 Å². The number of fused-ring (bicyclic) bond motifs is 1. The van der Waals surface area contributed by atoms with Crippen molar-refractivity contribution < 1.29 is 23.8 Å². The highest BCUT2D eigenvalue weighted by molar-refractivity contribution is 6.35. The summed E-state index contributed by atoms with van der Waals surface area (Å²) in [6.45, 7) is 4.34. The molecule has 3 unspecified atom stereocenters. The minimum Gasteiger partial charge on any atom is -0.485 e. The Morgan fingerprint density at radius 1 is 1.19 bits per heavy atom. The lowest BCUT2D eigenvalue weighted by Crippen LogP contribution is -2.44.